The highest BCUT2D eigenvalue weighted by Crippen LogP contribution is 2.39. The first-order valence-electron chi connectivity index (χ1n) is 15.7. The van der Waals surface area contributed by atoms with Crippen molar-refractivity contribution in [2.75, 3.05) is 23.7 Å². The Morgan fingerprint density at radius 3 is 2.70 bits per heavy atom. The van der Waals surface area contributed by atoms with Crippen molar-refractivity contribution in [2.24, 2.45) is 0 Å². The molecule has 1 fully saturated rings. The number of likely N-dealkylation sites (tertiary alicyclic amines) is 1. The van der Waals surface area contributed by atoms with E-state index in [0.29, 0.717) is 30.6 Å². The summed E-state index contributed by atoms with van der Waals surface area (Å²) < 4.78 is 14.1. The molecule has 0 saturated carbocycles. The van der Waals surface area contributed by atoms with E-state index in [9.17, 15) is 4.79 Å². The first-order chi connectivity index (χ1) is 22.2. The number of aromatic nitrogens is 5. The van der Waals surface area contributed by atoms with Gasteiger partial charge in [-0.15, -0.1) is 0 Å². The predicted molar refractivity (Wildman–Crippen MR) is 180 cm³/mol. The molecule has 0 radical (unpaired) electrons. The molecular weight excluding hydrogens is 580 g/mol. The number of ether oxygens (including phenoxy) is 2. The van der Waals surface area contributed by atoms with Crippen molar-refractivity contribution >= 4 is 34.3 Å². The third-order valence-corrected chi connectivity index (χ3v) is 7.74. The number of aryl methyl sites for hydroxylation is 2. The van der Waals surface area contributed by atoms with E-state index in [-0.39, 0.29) is 12.1 Å². The molecule has 0 spiro atoms. The maximum absolute atomic E-state index is 12.7. The van der Waals surface area contributed by atoms with Gasteiger partial charge in [0.25, 0.3) is 0 Å². The zero-order valence-corrected chi connectivity index (χ0v) is 26.9. The molecule has 238 valence electrons. The van der Waals surface area contributed by atoms with Gasteiger partial charge in [-0.3, -0.25) is 4.68 Å². The highest BCUT2D eigenvalue weighted by atomic mass is 16.6. The fraction of sp³-hybridized carbons (Fsp3) is 0.343. The predicted octanol–water partition coefficient (Wildman–Crippen LogP) is 7.56. The molecule has 0 unspecified atom stereocenters. The molecule has 11 nitrogen and oxygen atoms in total. The molecule has 2 aromatic carbocycles. The maximum atomic E-state index is 12.7. The van der Waals surface area contributed by atoms with Crippen LogP contribution in [0.3, 0.4) is 0 Å². The van der Waals surface area contributed by atoms with Crippen LogP contribution >= 0.6 is 0 Å². The molecular formula is C35H40N8O3. The molecule has 0 aliphatic carbocycles. The SMILES string of the molecule is CCn1ccc(Nc2cccc3c(Oc4ncccc4-c4ccnc(N[C@H]5CCCN(C(=O)OC(C)(C)C)C5)n4)c(C)ccc23)n1. The lowest BCUT2D eigenvalue weighted by Crippen LogP contribution is -2.47. The van der Waals surface area contributed by atoms with Gasteiger partial charge in [0.15, 0.2) is 5.82 Å². The summed E-state index contributed by atoms with van der Waals surface area (Å²) in [4.78, 5) is 28.3. The highest BCUT2D eigenvalue weighted by Gasteiger charge is 2.28. The average molecular weight is 621 g/mol. The Hall–Kier alpha value is -5.19. The summed E-state index contributed by atoms with van der Waals surface area (Å²) in [5.41, 5.74) is 2.79. The van der Waals surface area contributed by atoms with Crippen molar-refractivity contribution in [3.8, 4) is 22.9 Å². The minimum Gasteiger partial charge on any atom is -0.444 e. The van der Waals surface area contributed by atoms with Crippen LogP contribution in [-0.2, 0) is 11.3 Å². The Morgan fingerprint density at radius 1 is 1.02 bits per heavy atom. The molecule has 6 rings (SSSR count). The third-order valence-electron chi connectivity index (χ3n) is 7.74. The van der Waals surface area contributed by atoms with Crippen LogP contribution in [0.2, 0.25) is 0 Å². The minimum atomic E-state index is -0.540. The Kier molecular flexibility index (Phi) is 8.74. The van der Waals surface area contributed by atoms with Crippen molar-refractivity contribution in [3.63, 3.8) is 0 Å². The van der Waals surface area contributed by atoms with Crippen molar-refractivity contribution in [3.05, 3.63) is 78.8 Å². The van der Waals surface area contributed by atoms with Gasteiger partial charge in [0, 0.05) is 66.8 Å². The quantitative estimate of drug-likeness (QED) is 0.181. The van der Waals surface area contributed by atoms with Crippen LogP contribution in [-0.4, -0.2) is 60.5 Å². The second kappa shape index (κ2) is 13.0. The standard InChI is InChI=1S/C35H40N8O3/c1-6-43-21-17-30(41-43)39-28-13-7-11-26-25(28)15-14-23(2)31(26)45-32-27(12-8-18-36-32)29-16-19-37-33(40-29)38-24-10-9-20-42(22-24)34(44)46-35(3,4)5/h7-8,11-19,21,24H,6,9-10,20,22H2,1-5H3,(H,39,41)(H,37,38,40)/t24-/m0/s1. The lowest BCUT2D eigenvalue weighted by atomic mass is 10.0. The Labute approximate surface area is 269 Å². The number of nitrogens with zero attached hydrogens (tertiary/aromatic N) is 6. The van der Waals surface area contributed by atoms with Gasteiger partial charge in [-0.25, -0.2) is 19.7 Å². The number of fused-ring (bicyclic) bond motifs is 1. The van der Waals surface area contributed by atoms with Crippen LogP contribution in [0.4, 0.5) is 22.2 Å². The van der Waals surface area contributed by atoms with E-state index >= 15 is 0 Å². The van der Waals surface area contributed by atoms with Gasteiger partial charge in [-0.05, 0) is 77.3 Å². The lowest BCUT2D eigenvalue weighted by molar-refractivity contribution is 0.0206. The summed E-state index contributed by atoms with van der Waals surface area (Å²) in [6.45, 7) is 11.7. The zero-order valence-electron chi connectivity index (χ0n) is 26.9. The Morgan fingerprint density at radius 2 is 1.89 bits per heavy atom. The summed E-state index contributed by atoms with van der Waals surface area (Å²) in [5, 5.41) is 13.4. The molecule has 1 aliphatic rings. The van der Waals surface area contributed by atoms with Crippen molar-refractivity contribution in [1.82, 2.24) is 29.6 Å². The smallest absolute Gasteiger partial charge is 0.410 e. The summed E-state index contributed by atoms with van der Waals surface area (Å²) in [5.74, 6) is 2.42. The maximum Gasteiger partial charge on any atom is 0.410 e. The van der Waals surface area contributed by atoms with Crippen LogP contribution in [0.1, 0.15) is 46.1 Å². The highest BCUT2D eigenvalue weighted by molar-refractivity contribution is 5.99. The molecule has 46 heavy (non-hydrogen) atoms. The van der Waals surface area contributed by atoms with E-state index in [1.165, 1.54) is 0 Å². The number of carbonyl (C=O) groups excluding carboxylic acids is 1. The molecule has 1 atom stereocenters. The van der Waals surface area contributed by atoms with E-state index in [0.717, 1.165) is 58.5 Å². The van der Waals surface area contributed by atoms with Crippen molar-refractivity contribution < 1.29 is 14.3 Å². The molecule has 0 bridgehead atoms. The van der Waals surface area contributed by atoms with Crippen LogP contribution < -0.4 is 15.4 Å². The van der Waals surface area contributed by atoms with Crippen LogP contribution in [0, 0.1) is 6.92 Å². The summed E-state index contributed by atoms with van der Waals surface area (Å²) in [7, 11) is 0. The fourth-order valence-corrected chi connectivity index (χ4v) is 5.54. The monoisotopic (exact) mass is 620 g/mol. The number of carbonyl (C=O) groups is 1. The number of benzene rings is 2. The Bertz CT molecular complexity index is 1850. The summed E-state index contributed by atoms with van der Waals surface area (Å²) in [6.07, 6.45) is 6.84. The van der Waals surface area contributed by atoms with E-state index in [2.05, 4.69) is 38.7 Å². The van der Waals surface area contributed by atoms with E-state index < -0.39 is 5.60 Å². The van der Waals surface area contributed by atoms with Gasteiger partial charge in [0.05, 0.1) is 11.3 Å². The topological polar surface area (TPSA) is 119 Å². The second-order valence-electron chi connectivity index (χ2n) is 12.4. The number of piperidine rings is 1. The first-order valence-corrected chi connectivity index (χ1v) is 15.7. The molecule has 4 heterocycles. The second-order valence-corrected chi connectivity index (χ2v) is 12.4. The molecule has 1 aliphatic heterocycles. The number of pyridine rings is 1. The molecule has 1 saturated heterocycles. The zero-order chi connectivity index (χ0) is 32.3. The van der Waals surface area contributed by atoms with Gasteiger partial charge in [0.1, 0.15) is 11.4 Å². The van der Waals surface area contributed by atoms with E-state index in [1.807, 2.05) is 87.1 Å². The number of hydrogen-bond donors (Lipinski definition) is 2. The largest absolute Gasteiger partial charge is 0.444 e. The Balaban J connectivity index is 1.24. The average Bonchev–Trinajstić information content (AvgIpc) is 3.50. The number of nitrogens with one attached hydrogen (secondary N) is 2. The number of hydrogen-bond acceptors (Lipinski definition) is 9. The third kappa shape index (κ3) is 7.03. The van der Waals surface area contributed by atoms with Gasteiger partial charge >= 0.3 is 6.09 Å². The lowest BCUT2D eigenvalue weighted by Gasteiger charge is -2.34. The molecule has 1 amide bonds. The van der Waals surface area contributed by atoms with Crippen molar-refractivity contribution in [1.29, 1.82) is 0 Å². The number of anilines is 3. The summed E-state index contributed by atoms with van der Waals surface area (Å²) in [6, 6.07) is 17.8. The fourth-order valence-electron chi connectivity index (χ4n) is 5.54. The molecule has 11 heteroatoms. The number of rotatable bonds is 8. The number of amides is 1. The first kappa shape index (κ1) is 30.8. The normalized spacial score (nSPS) is 15.1. The van der Waals surface area contributed by atoms with Crippen LogP contribution in [0.15, 0.2) is 73.2 Å². The van der Waals surface area contributed by atoms with E-state index in [4.69, 9.17) is 14.5 Å². The van der Waals surface area contributed by atoms with Gasteiger partial charge < -0.3 is 25.0 Å². The van der Waals surface area contributed by atoms with Crippen LogP contribution in [0.5, 0.6) is 11.6 Å². The molecule has 5 aromatic rings. The molecule has 3 aromatic heterocycles. The van der Waals surface area contributed by atoms with Gasteiger partial charge in [-0.2, -0.15) is 5.10 Å². The van der Waals surface area contributed by atoms with Gasteiger partial charge in [0.2, 0.25) is 11.8 Å². The van der Waals surface area contributed by atoms with Crippen LogP contribution in [0.25, 0.3) is 22.0 Å². The van der Waals surface area contributed by atoms with Crippen molar-refractivity contribution in [2.45, 2.75) is 65.6 Å². The van der Waals surface area contributed by atoms with E-state index in [1.54, 1.807) is 17.3 Å². The van der Waals surface area contributed by atoms with Gasteiger partial charge in [-0.1, -0.05) is 24.3 Å². The summed E-state index contributed by atoms with van der Waals surface area (Å²) >= 11 is 0. The molecule has 2 N–H and O–H groups in total. The minimum absolute atomic E-state index is 0.00184.